The Hall–Kier alpha value is -6.13. The lowest BCUT2D eigenvalue weighted by molar-refractivity contribution is 0.673. The van der Waals surface area contributed by atoms with Gasteiger partial charge >= 0.3 is 0 Å². The molecule has 0 spiro atoms. The monoisotopic (exact) mass is 575 g/mol. The summed E-state index contributed by atoms with van der Waals surface area (Å²) in [6.45, 7) is 0. The number of nitrogens with zero attached hydrogens (tertiary/aromatic N) is 3. The average molecular weight is 576 g/mol. The maximum atomic E-state index is 6.61. The summed E-state index contributed by atoms with van der Waals surface area (Å²) in [5.74, 6) is 0. The fraction of sp³-hybridized carbons (Fsp3) is 0. The molecule has 3 heterocycles. The number of imidazole rings is 1. The average Bonchev–Trinajstić information content (AvgIpc) is 3.80. The van der Waals surface area contributed by atoms with Crippen LogP contribution in [0.4, 0.5) is 0 Å². The molecule has 0 aliphatic rings. The van der Waals surface area contributed by atoms with Crippen LogP contribution in [0, 0.1) is 0 Å². The van der Waals surface area contributed by atoms with Crippen molar-refractivity contribution in [1.29, 1.82) is 0 Å². The fourth-order valence-electron chi connectivity index (χ4n) is 7.18. The SMILES string of the molecule is c1ccc(-n2cnc3c4c(ccc5c6ccccc6oc54)c(-c4ccc5c(c4)c4ccccc4n5-c4ccccc4)cc32)cc1. The molecular weight excluding hydrogens is 550 g/mol. The highest BCUT2D eigenvalue weighted by molar-refractivity contribution is 6.25. The summed E-state index contributed by atoms with van der Waals surface area (Å²) >= 11 is 0. The van der Waals surface area contributed by atoms with Crippen LogP contribution in [0.1, 0.15) is 0 Å². The number of benzene rings is 7. The minimum Gasteiger partial charge on any atom is -0.455 e. The van der Waals surface area contributed by atoms with E-state index in [1.54, 1.807) is 0 Å². The van der Waals surface area contributed by atoms with Crippen molar-refractivity contribution in [2.45, 2.75) is 0 Å². The van der Waals surface area contributed by atoms with E-state index in [4.69, 9.17) is 9.40 Å². The highest BCUT2D eigenvalue weighted by atomic mass is 16.3. The molecule has 0 aliphatic carbocycles. The Bertz CT molecular complexity index is 2750. The van der Waals surface area contributed by atoms with E-state index in [9.17, 15) is 0 Å². The first-order valence-corrected chi connectivity index (χ1v) is 15.2. The lowest BCUT2D eigenvalue weighted by atomic mass is 9.94. The van der Waals surface area contributed by atoms with Crippen molar-refractivity contribution in [1.82, 2.24) is 14.1 Å². The largest absolute Gasteiger partial charge is 0.455 e. The number of hydrogen-bond donors (Lipinski definition) is 0. The zero-order chi connectivity index (χ0) is 29.5. The maximum Gasteiger partial charge on any atom is 0.145 e. The van der Waals surface area contributed by atoms with Crippen molar-refractivity contribution in [3.05, 3.63) is 152 Å². The standard InChI is InChI=1S/C41H25N3O/c1-3-11-27(12-4-1)43-25-42-40-37(43)24-33(31-20-21-32-30-16-8-10-18-38(30)45-41(32)39(31)40)26-19-22-36-34(23-26)29-15-7-9-17-35(29)44(36)28-13-5-2-6-14-28/h1-25H. The van der Waals surface area contributed by atoms with Gasteiger partial charge in [-0.1, -0.05) is 84.9 Å². The van der Waals surface area contributed by atoms with Gasteiger partial charge in [-0.2, -0.15) is 0 Å². The minimum atomic E-state index is 0.876. The smallest absolute Gasteiger partial charge is 0.145 e. The Balaban J connectivity index is 1.32. The van der Waals surface area contributed by atoms with Gasteiger partial charge in [-0.25, -0.2) is 4.98 Å². The highest BCUT2D eigenvalue weighted by Crippen LogP contribution is 2.43. The van der Waals surface area contributed by atoms with Gasteiger partial charge in [-0.3, -0.25) is 4.57 Å². The summed E-state index contributed by atoms with van der Waals surface area (Å²) in [4.78, 5) is 5.01. The van der Waals surface area contributed by atoms with Gasteiger partial charge in [0.25, 0.3) is 0 Å². The summed E-state index contributed by atoms with van der Waals surface area (Å²) in [6, 6.07) is 51.6. The minimum absolute atomic E-state index is 0.876. The highest BCUT2D eigenvalue weighted by Gasteiger charge is 2.20. The van der Waals surface area contributed by atoms with E-state index in [-0.39, 0.29) is 0 Å². The van der Waals surface area contributed by atoms with Crippen LogP contribution in [0.5, 0.6) is 0 Å². The van der Waals surface area contributed by atoms with Gasteiger partial charge in [0.05, 0.1) is 21.9 Å². The Kier molecular flexibility index (Phi) is 4.96. The van der Waals surface area contributed by atoms with Crippen molar-refractivity contribution in [3.8, 4) is 22.5 Å². The van der Waals surface area contributed by atoms with E-state index >= 15 is 0 Å². The molecule has 0 amide bonds. The van der Waals surface area contributed by atoms with Crippen LogP contribution in [-0.2, 0) is 0 Å². The molecule has 0 atom stereocenters. The van der Waals surface area contributed by atoms with Crippen LogP contribution in [0.2, 0.25) is 0 Å². The van der Waals surface area contributed by atoms with Gasteiger partial charge in [0, 0.05) is 32.9 Å². The van der Waals surface area contributed by atoms with Crippen molar-refractivity contribution in [2.24, 2.45) is 0 Å². The van der Waals surface area contributed by atoms with Crippen LogP contribution >= 0.6 is 0 Å². The molecule has 10 rings (SSSR count). The summed E-state index contributed by atoms with van der Waals surface area (Å²) in [6.07, 6.45) is 1.93. The molecule has 10 aromatic rings. The second kappa shape index (κ2) is 9.18. The van der Waals surface area contributed by atoms with Crippen molar-refractivity contribution in [3.63, 3.8) is 0 Å². The van der Waals surface area contributed by atoms with Crippen molar-refractivity contribution in [2.75, 3.05) is 0 Å². The first-order chi connectivity index (χ1) is 22.3. The third kappa shape index (κ3) is 3.45. The zero-order valence-electron chi connectivity index (χ0n) is 24.2. The van der Waals surface area contributed by atoms with Crippen LogP contribution in [0.15, 0.2) is 156 Å². The molecule has 210 valence electrons. The third-order valence-electron chi connectivity index (χ3n) is 9.19. The molecule has 0 aliphatic heterocycles. The summed E-state index contributed by atoms with van der Waals surface area (Å²) in [5, 5.41) is 6.84. The summed E-state index contributed by atoms with van der Waals surface area (Å²) in [7, 11) is 0. The van der Waals surface area contributed by atoms with Gasteiger partial charge in [0.15, 0.2) is 0 Å². The fourth-order valence-corrected chi connectivity index (χ4v) is 7.18. The van der Waals surface area contributed by atoms with Crippen molar-refractivity contribution < 1.29 is 4.42 Å². The van der Waals surface area contributed by atoms with Crippen LogP contribution in [0.3, 0.4) is 0 Å². The molecule has 4 nitrogen and oxygen atoms in total. The zero-order valence-corrected chi connectivity index (χ0v) is 24.2. The van der Waals surface area contributed by atoms with E-state index in [0.29, 0.717) is 0 Å². The molecule has 0 bridgehead atoms. The Morgan fingerprint density at radius 2 is 1.18 bits per heavy atom. The van der Waals surface area contributed by atoms with E-state index < -0.39 is 0 Å². The predicted octanol–water partition coefficient (Wildman–Crippen LogP) is 10.8. The molecule has 0 N–H and O–H groups in total. The molecule has 7 aromatic carbocycles. The van der Waals surface area contributed by atoms with Crippen LogP contribution < -0.4 is 0 Å². The summed E-state index contributed by atoms with van der Waals surface area (Å²) < 4.78 is 11.1. The maximum absolute atomic E-state index is 6.61. The topological polar surface area (TPSA) is 35.9 Å². The molecular formula is C41H25N3O. The van der Waals surface area contributed by atoms with Gasteiger partial charge < -0.3 is 8.98 Å². The molecule has 45 heavy (non-hydrogen) atoms. The van der Waals surface area contributed by atoms with Gasteiger partial charge in [0.2, 0.25) is 0 Å². The quantitative estimate of drug-likeness (QED) is 0.210. The van der Waals surface area contributed by atoms with E-state index in [0.717, 1.165) is 66.2 Å². The number of fused-ring (bicyclic) bond motifs is 10. The molecule has 4 heteroatoms. The Morgan fingerprint density at radius 3 is 2.02 bits per heavy atom. The Labute approximate surface area is 258 Å². The first-order valence-electron chi connectivity index (χ1n) is 15.2. The Morgan fingerprint density at radius 1 is 0.489 bits per heavy atom. The summed E-state index contributed by atoms with van der Waals surface area (Å²) in [5.41, 5.74) is 10.7. The van der Waals surface area contributed by atoms with E-state index in [2.05, 4.69) is 137 Å². The molecule has 0 saturated carbocycles. The molecule has 3 aromatic heterocycles. The number of para-hydroxylation sites is 4. The normalized spacial score (nSPS) is 12.0. The molecule has 0 radical (unpaired) electrons. The number of rotatable bonds is 3. The number of furan rings is 1. The first kappa shape index (κ1) is 24.3. The predicted molar refractivity (Wildman–Crippen MR) is 186 cm³/mol. The van der Waals surface area contributed by atoms with Gasteiger partial charge in [-0.15, -0.1) is 0 Å². The molecule has 0 unspecified atom stereocenters. The third-order valence-corrected chi connectivity index (χ3v) is 9.19. The van der Waals surface area contributed by atoms with Crippen LogP contribution in [0.25, 0.3) is 88.1 Å². The second-order valence-corrected chi connectivity index (χ2v) is 11.6. The number of hydrogen-bond acceptors (Lipinski definition) is 2. The van der Waals surface area contributed by atoms with Crippen LogP contribution in [-0.4, -0.2) is 14.1 Å². The van der Waals surface area contributed by atoms with Gasteiger partial charge in [0.1, 0.15) is 23.0 Å². The number of aromatic nitrogens is 3. The lowest BCUT2D eigenvalue weighted by Gasteiger charge is -2.12. The van der Waals surface area contributed by atoms with Crippen molar-refractivity contribution >= 4 is 65.6 Å². The molecule has 0 saturated heterocycles. The lowest BCUT2D eigenvalue weighted by Crippen LogP contribution is -1.93. The second-order valence-electron chi connectivity index (χ2n) is 11.6. The molecule has 0 fully saturated rings. The van der Waals surface area contributed by atoms with E-state index in [1.807, 2.05) is 24.5 Å². The van der Waals surface area contributed by atoms with Gasteiger partial charge in [-0.05, 0) is 77.2 Å². The van der Waals surface area contributed by atoms with E-state index in [1.165, 1.54) is 21.8 Å².